The highest BCUT2D eigenvalue weighted by Crippen LogP contribution is 2.38. The fraction of sp³-hybridized carbons (Fsp3) is 0.684. The van der Waals surface area contributed by atoms with Crippen LogP contribution in [0.4, 0.5) is 5.69 Å². The smallest absolute Gasteiger partial charge is 0.329 e. The number of anilines is 1. The third kappa shape index (κ3) is 15.3. The molecule has 3 aliphatic heterocycles. The molecule has 4 aliphatic rings. The number of amides is 1. The van der Waals surface area contributed by atoms with Crippen LogP contribution in [0.3, 0.4) is 0 Å². The van der Waals surface area contributed by atoms with Crippen molar-refractivity contribution >= 4 is 29.1 Å². The molecule has 2 saturated heterocycles. The van der Waals surface area contributed by atoms with E-state index < -0.39 is 65.9 Å². The van der Waals surface area contributed by atoms with Gasteiger partial charge in [0.05, 0.1) is 18.3 Å². The van der Waals surface area contributed by atoms with Gasteiger partial charge < -0.3 is 44.5 Å². The Kier molecular flexibility index (Phi) is 21.7. The molecule has 0 radical (unpaired) electrons. The third-order valence-electron chi connectivity index (χ3n) is 15.7. The molecule has 13 heteroatoms. The van der Waals surface area contributed by atoms with Gasteiger partial charge in [-0.05, 0) is 146 Å². The maximum absolute atomic E-state index is 14.5. The molecule has 4 N–H and O–H groups in total. The third-order valence-corrected chi connectivity index (χ3v) is 15.7. The molecule has 5 rings (SSSR count). The number of nitrogens with zero attached hydrogens (tertiary/aromatic N) is 1. The summed E-state index contributed by atoms with van der Waals surface area (Å²) in [5, 5.41) is 37.9. The molecule has 13 nitrogen and oxygen atoms in total. The average molecular weight is 975 g/mol. The summed E-state index contributed by atoms with van der Waals surface area (Å²) < 4.78 is 24.1. The second kappa shape index (κ2) is 26.6. The highest BCUT2D eigenvalue weighted by Gasteiger charge is 2.53. The number of hydrogen-bond acceptors (Lipinski definition) is 12. The lowest BCUT2D eigenvalue weighted by atomic mass is 9.78. The van der Waals surface area contributed by atoms with Crippen molar-refractivity contribution in [2.45, 2.75) is 193 Å². The molecular weight excluding hydrogens is 889 g/mol. The Morgan fingerprint density at radius 3 is 2.24 bits per heavy atom. The summed E-state index contributed by atoms with van der Waals surface area (Å²) in [7, 11) is 3.06. The zero-order valence-corrected chi connectivity index (χ0v) is 43.8. The number of aliphatic hydroxyl groups is 3. The van der Waals surface area contributed by atoms with Gasteiger partial charge in [-0.1, -0.05) is 94.3 Å². The fourth-order valence-electron chi connectivity index (χ4n) is 11.1. The summed E-state index contributed by atoms with van der Waals surface area (Å²) in [4.78, 5) is 58.5. The van der Waals surface area contributed by atoms with E-state index >= 15 is 0 Å². The summed E-state index contributed by atoms with van der Waals surface area (Å²) in [5.74, 6) is -6.13. The van der Waals surface area contributed by atoms with Gasteiger partial charge in [0.15, 0.2) is 5.78 Å². The summed E-state index contributed by atoms with van der Waals surface area (Å²) in [6.07, 6.45) is 15.1. The first-order valence-electron chi connectivity index (χ1n) is 26.2. The Bertz CT molecular complexity index is 2010. The second-order valence-corrected chi connectivity index (χ2v) is 21.5. The first-order chi connectivity index (χ1) is 33.3. The molecular formula is C57H86N2O11. The minimum absolute atomic E-state index is 0.0578. The van der Waals surface area contributed by atoms with Crippen molar-refractivity contribution in [1.82, 2.24) is 4.90 Å². The van der Waals surface area contributed by atoms with Crippen LogP contribution in [-0.4, -0.2) is 119 Å². The molecule has 1 aromatic carbocycles. The maximum Gasteiger partial charge on any atom is 0.329 e. The maximum atomic E-state index is 14.5. The van der Waals surface area contributed by atoms with E-state index in [1.807, 2.05) is 82.3 Å². The van der Waals surface area contributed by atoms with E-state index in [9.17, 15) is 34.5 Å². The molecule has 70 heavy (non-hydrogen) atoms. The van der Waals surface area contributed by atoms with Gasteiger partial charge in [0.25, 0.3) is 11.7 Å². The zero-order valence-electron chi connectivity index (χ0n) is 43.8. The Morgan fingerprint density at radius 2 is 1.54 bits per heavy atom. The van der Waals surface area contributed by atoms with Gasteiger partial charge in [0.2, 0.25) is 5.79 Å². The van der Waals surface area contributed by atoms with Crippen molar-refractivity contribution in [2.75, 3.05) is 26.1 Å². The zero-order chi connectivity index (χ0) is 51.3. The monoisotopic (exact) mass is 975 g/mol. The number of carbonyl (C=O) groups excluding carboxylic acids is 4. The molecule has 0 aromatic heterocycles. The van der Waals surface area contributed by atoms with Crippen LogP contribution in [0.5, 0.6) is 0 Å². The number of rotatable bonds is 7. The number of Topliss-reactive ketones (excluding diaryl/α,β-unsaturated/α-hetero) is 2. The Labute approximate surface area is 418 Å². The number of fused-ring (bicyclic) bond motifs is 3. The van der Waals surface area contributed by atoms with Gasteiger partial charge in [-0.3, -0.25) is 14.4 Å². The molecule has 15 atom stereocenters. The van der Waals surface area contributed by atoms with Crippen LogP contribution in [-0.2, 0) is 38.1 Å². The van der Waals surface area contributed by atoms with Crippen molar-refractivity contribution in [3.05, 3.63) is 77.4 Å². The number of aliphatic hydroxyl groups excluding tert-OH is 2. The number of cyclic esters (lactones) is 1. The normalized spacial score (nSPS) is 38.2. The number of ether oxygens (including phenoxy) is 4. The number of methoxy groups -OCH3 is 2. The molecule has 3 heterocycles. The molecule has 1 unspecified atom stereocenters. The molecule has 1 aliphatic carbocycles. The molecule has 1 saturated carbocycles. The number of hydrogen-bond donors (Lipinski definition) is 4. The highest BCUT2D eigenvalue weighted by molar-refractivity contribution is 6.39. The van der Waals surface area contributed by atoms with Crippen LogP contribution in [0.15, 0.2) is 71.9 Å². The van der Waals surface area contributed by atoms with Gasteiger partial charge in [-0.15, -0.1) is 0 Å². The molecule has 1 aromatic rings. The van der Waals surface area contributed by atoms with E-state index in [-0.39, 0.29) is 54.1 Å². The number of allylic oxidation sites excluding steroid dienone is 6. The van der Waals surface area contributed by atoms with E-state index in [0.717, 1.165) is 29.7 Å². The molecule has 0 spiro atoms. The molecule has 390 valence electrons. The Balaban J connectivity index is 1.48. The number of ketones is 2. The van der Waals surface area contributed by atoms with Gasteiger partial charge >= 0.3 is 5.97 Å². The van der Waals surface area contributed by atoms with E-state index in [4.69, 9.17) is 18.9 Å². The Morgan fingerprint density at radius 1 is 0.814 bits per heavy atom. The number of benzene rings is 1. The van der Waals surface area contributed by atoms with E-state index in [0.29, 0.717) is 76.2 Å². The van der Waals surface area contributed by atoms with Gasteiger partial charge in [-0.2, -0.15) is 0 Å². The average Bonchev–Trinajstić information content (AvgIpc) is 3.33. The topological polar surface area (TPSA) is 181 Å². The van der Waals surface area contributed by atoms with E-state index in [2.05, 4.69) is 25.2 Å². The summed E-state index contributed by atoms with van der Waals surface area (Å²) in [5.41, 5.74) is 3.61. The lowest BCUT2D eigenvalue weighted by molar-refractivity contribution is -0.263. The van der Waals surface area contributed by atoms with Crippen LogP contribution >= 0.6 is 0 Å². The largest absolute Gasteiger partial charge is 0.461 e. The number of aryl methyl sites for hydroxylation is 1. The van der Waals surface area contributed by atoms with Gasteiger partial charge in [0.1, 0.15) is 24.4 Å². The Hall–Kier alpha value is -3.98. The first kappa shape index (κ1) is 56.9. The van der Waals surface area contributed by atoms with Gasteiger partial charge in [0, 0.05) is 44.3 Å². The second-order valence-electron chi connectivity index (χ2n) is 21.5. The van der Waals surface area contributed by atoms with Crippen molar-refractivity contribution < 1.29 is 53.4 Å². The minimum Gasteiger partial charge on any atom is -0.461 e. The fourth-order valence-corrected chi connectivity index (χ4v) is 11.1. The lowest BCUT2D eigenvalue weighted by Crippen LogP contribution is -2.61. The highest BCUT2D eigenvalue weighted by atomic mass is 16.6. The number of carbonyl (C=O) groups is 4. The minimum atomic E-state index is -2.40. The quantitative estimate of drug-likeness (QED) is 0.116. The first-order valence-corrected chi connectivity index (χ1v) is 26.2. The van der Waals surface area contributed by atoms with E-state index in [1.165, 1.54) is 12.0 Å². The number of piperidine rings is 1. The van der Waals surface area contributed by atoms with Crippen molar-refractivity contribution in [3.8, 4) is 0 Å². The van der Waals surface area contributed by atoms with E-state index in [1.54, 1.807) is 21.0 Å². The number of nitrogens with one attached hydrogen (secondary N) is 1. The predicted octanol–water partition coefficient (Wildman–Crippen LogP) is 8.78. The predicted molar refractivity (Wildman–Crippen MR) is 273 cm³/mol. The summed E-state index contributed by atoms with van der Waals surface area (Å²) >= 11 is 0. The van der Waals surface area contributed by atoms with Gasteiger partial charge in [-0.25, -0.2) is 4.79 Å². The van der Waals surface area contributed by atoms with Crippen LogP contribution in [0, 0.1) is 42.4 Å². The summed E-state index contributed by atoms with van der Waals surface area (Å²) in [6, 6.07) is 6.78. The van der Waals surface area contributed by atoms with Crippen molar-refractivity contribution in [3.63, 3.8) is 0 Å². The van der Waals surface area contributed by atoms with Crippen molar-refractivity contribution in [2.24, 2.45) is 35.5 Å². The standard InChI is InChI=1S/C57H86N2O11/c1-35-19-24-44(25-20-35)58-46-34-45-26-22-42(8)57(66,70-45)54(63)55(64)59-29-15-14-18-47(59)56(65)69-49(39(5)32-43-23-27-48(60)50(33-43)67-9)28-21-37(3)31-41(7)52(62)53(68-10)51(61)40(6)30-36(2)16-12-11-13-17-38(46)4/h11-13,16-17,19-20,24-25,31,36-37,39-40,42-43,45-50,52-53,58,60,62,66H,14-15,18,21-23,26-30,32-34H2,1-10H3/b13-11+,16-12+,38-17+,41-31+/t36-,37+,39-,40-,42-,43-,45+,46?,47+,48-,49+,50-,52-,53+,57-/m1/s1. The number of esters is 1. The SMILES string of the molecule is CO[C@@H]1C[C@@H](C[C@@H](C)[C@@H]2CC[C@H](C)/C=C(\C)[C@@H](O)[C@@H](OC)C(=O)[C@H](C)C[C@H](C)/C=C/C=C/C=C(\C)C(Nc3ccc(C)cc3)C[C@@H]3CC[C@@H](C)[C@@](O)(O3)C(=O)C(=O)N3CCCC[C@H]3C(=O)O2)CC[C@H]1O. The van der Waals surface area contributed by atoms with Crippen LogP contribution in [0.2, 0.25) is 0 Å². The van der Waals surface area contributed by atoms with Crippen molar-refractivity contribution in [1.29, 1.82) is 0 Å². The van der Waals surface area contributed by atoms with Crippen LogP contribution in [0.25, 0.3) is 0 Å². The molecule has 2 bridgehead atoms. The van der Waals surface area contributed by atoms with Crippen LogP contribution in [0.1, 0.15) is 138 Å². The lowest BCUT2D eigenvalue weighted by Gasteiger charge is -2.43. The summed E-state index contributed by atoms with van der Waals surface area (Å²) in [6.45, 7) is 15.7. The molecule has 1 amide bonds. The molecule has 3 fully saturated rings. The van der Waals surface area contributed by atoms with Crippen LogP contribution < -0.4 is 5.32 Å².